The summed E-state index contributed by atoms with van der Waals surface area (Å²) in [6.45, 7) is 0. The molecule has 2 aromatic carbocycles. The molecule has 0 amide bonds. The Balaban J connectivity index is 2.15. The minimum absolute atomic E-state index is 0.00103. The summed E-state index contributed by atoms with van der Waals surface area (Å²) < 4.78 is 1.85. The lowest BCUT2D eigenvalue weighted by Gasteiger charge is -2.09. The second-order valence-corrected chi connectivity index (χ2v) is 4.99. The van der Waals surface area contributed by atoms with Crippen molar-refractivity contribution in [1.82, 2.24) is 14.4 Å². The standard InChI is InChI=1S/C16H12N4O2/c17-15-16-18-8-13(10-6-5-9(21)7-14(10)22)20(16)12-4-2-1-3-11(12)19-15/h1-8,21-22H,(H2,17,19). The zero-order chi connectivity index (χ0) is 15.3. The van der Waals surface area contributed by atoms with Crippen LogP contribution in [0.25, 0.3) is 27.9 Å². The molecule has 4 aromatic rings. The molecule has 22 heavy (non-hydrogen) atoms. The maximum absolute atomic E-state index is 10.1. The lowest BCUT2D eigenvalue weighted by atomic mass is 10.1. The van der Waals surface area contributed by atoms with Gasteiger partial charge in [-0.2, -0.15) is 0 Å². The first kappa shape index (κ1) is 12.5. The molecule has 2 heterocycles. The average Bonchev–Trinajstić information content (AvgIpc) is 2.93. The topological polar surface area (TPSA) is 96.7 Å². The maximum Gasteiger partial charge on any atom is 0.180 e. The number of imidazole rings is 1. The minimum Gasteiger partial charge on any atom is -0.508 e. The van der Waals surface area contributed by atoms with Gasteiger partial charge in [-0.15, -0.1) is 0 Å². The number of phenols is 2. The summed E-state index contributed by atoms with van der Waals surface area (Å²) in [6.07, 6.45) is 1.63. The van der Waals surface area contributed by atoms with Crippen LogP contribution in [-0.2, 0) is 0 Å². The molecule has 0 saturated heterocycles. The molecule has 0 spiro atoms. The summed E-state index contributed by atoms with van der Waals surface area (Å²) in [6, 6.07) is 12.0. The predicted molar refractivity (Wildman–Crippen MR) is 83.7 cm³/mol. The third-order valence-electron chi connectivity index (χ3n) is 3.61. The second kappa shape index (κ2) is 4.36. The zero-order valence-corrected chi connectivity index (χ0v) is 11.4. The fourth-order valence-electron chi connectivity index (χ4n) is 2.63. The van der Waals surface area contributed by atoms with E-state index in [-0.39, 0.29) is 11.5 Å². The lowest BCUT2D eigenvalue weighted by molar-refractivity contribution is 0.451. The predicted octanol–water partition coefficient (Wildman–Crippen LogP) is 2.54. The van der Waals surface area contributed by atoms with Gasteiger partial charge in [-0.25, -0.2) is 9.97 Å². The van der Waals surface area contributed by atoms with Crippen molar-refractivity contribution in [1.29, 1.82) is 0 Å². The van der Waals surface area contributed by atoms with E-state index >= 15 is 0 Å². The normalized spacial score (nSPS) is 11.3. The molecule has 4 rings (SSSR count). The smallest absolute Gasteiger partial charge is 0.180 e. The first-order chi connectivity index (χ1) is 10.6. The van der Waals surface area contributed by atoms with E-state index in [1.807, 2.05) is 28.7 Å². The van der Waals surface area contributed by atoms with Crippen molar-refractivity contribution < 1.29 is 10.2 Å². The molecular formula is C16H12N4O2. The van der Waals surface area contributed by atoms with Crippen LogP contribution in [0.2, 0.25) is 0 Å². The van der Waals surface area contributed by atoms with Gasteiger partial charge >= 0.3 is 0 Å². The highest BCUT2D eigenvalue weighted by molar-refractivity contribution is 5.86. The number of fused-ring (bicyclic) bond motifs is 3. The Morgan fingerprint density at radius 3 is 2.68 bits per heavy atom. The molecule has 0 fully saturated rings. The molecular weight excluding hydrogens is 280 g/mol. The molecule has 108 valence electrons. The fraction of sp³-hybridized carbons (Fsp3) is 0. The number of nitrogens with two attached hydrogens (primary N) is 1. The molecule has 0 bridgehead atoms. The summed E-state index contributed by atoms with van der Waals surface area (Å²) in [7, 11) is 0. The quantitative estimate of drug-likeness (QED) is 0.501. The zero-order valence-electron chi connectivity index (χ0n) is 11.4. The number of hydrogen-bond acceptors (Lipinski definition) is 5. The van der Waals surface area contributed by atoms with Crippen LogP contribution in [0.4, 0.5) is 5.82 Å². The van der Waals surface area contributed by atoms with E-state index in [1.165, 1.54) is 12.1 Å². The number of hydrogen-bond donors (Lipinski definition) is 3. The van der Waals surface area contributed by atoms with Crippen molar-refractivity contribution in [2.75, 3.05) is 5.73 Å². The second-order valence-electron chi connectivity index (χ2n) is 4.99. The molecule has 0 radical (unpaired) electrons. The van der Waals surface area contributed by atoms with Gasteiger partial charge in [-0.1, -0.05) is 12.1 Å². The van der Waals surface area contributed by atoms with Gasteiger partial charge in [0.05, 0.1) is 22.9 Å². The van der Waals surface area contributed by atoms with Gasteiger partial charge in [0.15, 0.2) is 11.5 Å². The summed E-state index contributed by atoms with van der Waals surface area (Å²) in [5.41, 5.74) is 9.32. The Bertz CT molecular complexity index is 1020. The molecule has 4 N–H and O–H groups in total. The fourth-order valence-corrected chi connectivity index (χ4v) is 2.63. The average molecular weight is 292 g/mol. The molecule has 0 aliphatic heterocycles. The van der Waals surface area contributed by atoms with Gasteiger partial charge in [-0.3, -0.25) is 4.40 Å². The Hall–Kier alpha value is -3.28. The number of aromatic nitrogens is 3. The van der Waals surface area contributed by atoms with Crippen LogP contribution in [0.3, 0.4) is 0 Å². The van der Waals surface area contributed by atoms with Crippen LogP contribution in [0.5, 0.6) is 11.5 Å². The van der Waals surface area contributed by atoms with Gasteiger partial charge in [-0.05, 0) is 24.3 Å². The number of nitrogen functional groups attached to an aromatic ring is 1. The number of nitrogens with zero attached hydrogens (tertiary/aromatic N) is 3. The third-order valence-corrected chi connectivity index (χ3v) is 3.61. The summed E-state index contributed by atoms with van der Waals surface area (Å²) in [5.74, 6) is 0.297. The van der Waals surface area contributed by atoms with E-state index in [0.717, 1.165) is 11.0 Å². The number of anilines is 1. The Kier molecular flexibility index (Phi) is 2.47. The minimum atomic E-state index is -0.0266. The summed E-state index contributed by atoms with van der Waals surface area (Å²) in [5, 5.41) is 19.6. The molecule has 6 nitrogen and oxygen atoms in total. The van der Waals surface area contributed by atoms with E-state index in [2.05, 4.69) is 9.97 Å². The van der Waals surface area contributed by atoms with Crippen molar-refractivity contribution >= 4 is 22.5 Å². The Morgan fingerprint density at radius 1 is 1.05 bits per heavy atom. The number of para-hydroxylation sites is 2. The number of aromatic hydroxyl groups is 2. The highest BCUT2D eigenvalue weighted by Crippen LogP contribution is 2.34. The first-order valence-corrected chi connectivity index (χ1v) is 6.69. The Labute approximate surface area is 125 Å². The first-order valence-electron chi connectivity index (χ1n) is 6.69. The highest BCUT2D eigenvalue weighted by Gasteiger charge is 2.15. The SMILES string of the molecule is Nc1nc2ccccc2n2c(-c3ccc(O)cc3O)cnc12. The van der Waals surface area contributed by atoms with Crippen molar-refractivity contribution in [3.05, 3.63) is 48.7 Å². The van der Waals surface area contributed by atoms with Crippen molar-refractivity contribution in [2.45, 2.75) is 0 Å². The van der Waals surface area contributed by atoms with Crippen molar-refractivity contribution in [3.8, 4) is 22.8 Å². The number of benzene rings is 2. The molecule has 0 aliphatic rings. The van der Waals surface area contributed by atoms with E-state index in [4.69, 9.17) is 5.73 Å². The van der Waals surface area contributed by atoms with Crippen molar-refractivity contribution in [2.24, 2.45) is 0 Å². The van der Waals surface area contributed by atoms with Crippen LogP contribution >= 0.6 is 0 Å². The van der Waals surface area contributed by atoms with Gasteiger partial charge in [0, 0.05) is 11.6 Å². The van der Waals surface area contributed by atoms with Crippen LogP contribution in [0.15, 0.2) is 48.7 Å². The summed E-state index contributed by atoms with van der Waals surface area (Å²) in [4.78, 5) is 8.65. The number of phenolic OH excluding ortho intramolecular Hbond substituents is 2. The molecule has 6 heteroatoms. The maximum atomic E-state index is 10.1. The molecule has 2 aromatic heterocycles. The number of rotatable bonds is 1. The van der Waals surface area contributed by atoms with Crippen LogP contribution in [-0.4, -0.2) is 24.6 Å². The third kappa shape index (κ3) is 1.67. The van der Waals surface area contributed by atoms with Gasteiger partial charge < -0.3 is 15.9 Å². The van der Waals surface area contributed by atoms with E-state index in [0.29, 0.717) is 22.7 Å². The van der Waals surface area contributed by atoms with E-state index in [1.54, 1.807) is 12.3 Å². The van der Waals surface area contributed by atoms with E-state index in [9.17, 15) is 10.2 Å². The molecule has 0 aliphatic carbocycles. The van der Waals surface area contributed by atoms with Gasteiger partial charge in [0.2, 0.25) is 0 Å². The summed E-state index contributed by atoms with van der Waals surface area (Å²) >= 11 is 0. The monoisotopic (exact) mass is 292 g/mol. The van der Waals surface area contributed by atoms with Gasteiger partial charge in [0.1, 0.15) is 11.5 Å². The van der Waals surface area contributed by atoms with Crippen molar-refractivity contribution in [3.63, 3.8) is 0 Å². The highest BCUT2D eigenvalue weighted by atomic mass is 16.3. The van der Waals surface area contributed by atoms with Gasteiger partial charge in [0.25, 0.3) is 0 Å². The molecule has 0 atom stereocenters. The lowest BCUT2D eigenvalue weighted by Crippen LogP contribution is -1.99. The van der Waals surface area contributed by atoms with Crippen LogP contribution < -0.4 is 5.73 Å². The molecule has 0 unspecified atom stereocenters. The Morgan fingerprint density at radius 2 is 1.86 bits per heavy atom. The van der Waals surface area contributed by atoms with Crippen LogP contribution in [0, 0.1) is 0 Å². The van der Waals surface area contributed by atoms with E-state index < -0.39 is 0 Å². The molecule has 0 saturated carbocycles. The largest absolute Gasteiger partial charge is 0.508 e. The van der Waals surface area contributed by atoms with Crippen LogP contribution in [0.1, 0.15) is 0 Å².